The largest absolute Gasteiger partial charge is 0.305 e. The molecule has 0 aliphatic rings. The van der Waals surface area contributed by atoms with Crippen LogP contribution in [0.25, 0.3) is 0 Å². The Hall–Kier alpha value is -0.650. The Labute approximate surface area is 143 Å². The van der Waals surface area contributed by atoms with Gasteiger partial charge in [-0.25, -0.2) is 0 Å². The lowest BCUT2D eigenvalue weighted by Gasteiger charge is -2.24. The van der Waals surface area contributed by atoms with E-state index in [2.05, 4.69) is 92.9 Å². The molecular formula is C16H21Br2N3. The highest BCUT2D eigenvalue weighted by molar-refractivity contribution is 9.10. The minimum Gasteiger partial charge on any atom is -0.305 e. The highest BCUT2D eigenvalue weighted by atomic mass is 79.9. The summed E-state index contributed by atoms with van der Waals surface area (Å²) in [5.74, 6) is 0. The van der Waals surface area contributed by atoms with Gasteiger partial charge in [0.2, 0.25) is 0 Å². The Morgan fingerprint density at radius 2 is 2.00 bits per heavy atom. The Balaban J connectivity index is 2.59. The van der Waals surface area contributed by atoms with Gasteiger partial charge in [0.05, 0.1) is 22.4 Å². The summed E-state index contributed by atoms with van der Waals surface area (Å²) < 4.78 is 4.22. The first-order valence-corrected chi connectivity index (χ1v) is 8.76. The minimum atomic E-state index is 0.117. The smallest absolute Gasteiger partial charge is 0.0762 e. The summed E-state index contributed by atoms with van der Waals surface area (Å²) >= 11 is 7.24. The number of aryl methyl sites for hydroxylation is 1. The van der Waals surface area contributed by atoms with Crippen molar-refractivity contribution in [2.75, 3.05) is 6.54 Å². The molecule has 0 amide bonds. The fourth-order valence-electron chi connectivity index (χ4n) is 2.51. The number of nitrogens with one attached hydrogen (secondary N) is 1. The number of benzene rings is 1. The van der Waals surface area contributed by atoms with Gasteiger partial charge in [-0.15, -0.1) is 0 Å². The lowest BCUT2D eigenvalue weighted by atomic mass is 9.98. The number of aromatic nitrogens is 2. The fourth-order valence-corrected chi connectivity index (χ4v) is 3.39. The monoisotopic (exact) mass is 413 g/mol. The fraction of sp³-hybridized carbons (Fsp3) is 0.438. The van der Waals surface area contributed by atoms with E-state index < -0.39 is 0 Å². The second-order valence-corrected chi connectivity index (χ2v) is 7.18. The molecule has 2 rings (SSSR count). The van der Waals surface area contributed by atoms with Crippen molar-refractivity contribution in [1.82, 2.24) is 15.1 Å². The highest BCUT2D eigenvalue weighted by Gasteiger charge is 2.23. The molecule has 1 atom stereocenters. The number of halogens is 2. The summed E-state index contributed by atoms with van der Waals surface area (Å²) in [6.45, 7) is 9.48. The third-order valence-electron chi connectivity index (χ3n) is 3.51. The van der Waals surface area contributed by atoms with Crippen molar-refractivity contribution in [3.8, 4) is 0 Å². The second-order valence-electron chi connectivity index (χ2n) is 5.41. The quantitative estimate of drug-likeness (QED) is 0.746. The predicted octanol–water partition coefficient (Wildman–Crippen LogP) is 5.00. The van der Waals surface area contributed by atoms with Crippen LogP contribution in [-0.2, 0) is 0 Å². The maximum Gasteiger partial charge on any atom is 0.0762 e. The van der Waals surface area contributed by atoms with E-state index in [1.807, 2.05) is 6.20 Å². The van der Waals surface area contributed by atoms with Crippen LogP contribution in [0.2, 0.25) is 0 Å². The predicted molar refractivity (Wildman–Crippen MR) is 94.7 cm³/mol. The van der Waals surface area contributed by atoms with E-state index >= 15 is 0 Å². The molecule has 0 radical (unpaired) electrons. The standard InChI is InChI=1S/C16H21Br2N3/c1-5-19-15(13-8-12(17)7-6-11(13)4)16-14(18)9-20-21(16)10(2)3/h6-10,15,19H,5H2,1-4H3. The first kappa shape index (κ1) is 16.7. The number of nitrogens with zero attached hydrogens (tertiary/aromatic N) is 2. The topological polar surface area (TPSA) is 29.9 Å². The van der Waals surface area contributed by atoms with Gasteiger partial charge in [-0.1, -0.05) is 28.9 Å². The zero-order valence-corrected chi connectivity index (χ0v) is 16.0. The molecule has 0 aliphatic carbocycles. The molecule has 0 aliphatic heterocycles. The maximum absolute atomic E-state index is 4.51. The van der Waals surface area contributed by atoms with E-state index in [1.54, 1.807) is 0 Å². The van der Waals surface area contributed by atoms with Gasteiger partial charge in [0.1, 0.15) is 0 Å². The normalized spacial score (nSPS) is 12.9. The van der Waals surface area contributed by atoms with Crippen molar-refractivity contribution >= 4 is 31.9 Å². The van der Waals surface area contributed by atoms with Crippen LogP contribution in [0.3, 0.4) is 0 Å². The van der Waals surface area contributed by atoms with Crippen LogP contribution in [0.15, 0.2) is 33.3 Å². The molecule has 1 heterocycles. The Morgan fingerprint density at radius 1 is 1.29 bits per heavy atom. The van der Waals surface area contributed by atoms with Crippen LogP contribution in [0.4, 0.5) is 0 Å². The van der Waals surface area contributed by atoms with Crippen LogP contribution >= 0.6 is 31.9 Å². The molecule has 0 saturated carbocycles. The molecule has 1 N–H and O–H groups in total. The second kappa shape index (κ2) is 7.07. The average Bonchev–Trinajstić information content (AvgIpc) is 2.81. The van der Waals surface area contributed by atoms with Gasteiger partial charge in [-0.3, -0.25) is 4.68 Å². The first-order valence-electron chi connectivity index (χ1n) is 7.18. The first-order chi connectivity index (χ1) is 9.95. The van der Waals surface area contributed by atoms with E-state index in [4.69, 9.17) is 0 Å². The van der Waals surface area contributed by atoms with Gasteiger partial charge in [-0.2, -0.15) is 5.10 Å². The summed E-state index contributed by atoms with van der Waals surface area (Å²) in [7, 11) is 0. The van der Waals surface area contributed by atoms with E-state index in [0.717, 1.165) is 15.5 Å². The van der Waals surface area contributed by atoms with Crippen LogP contribution in [-0.4, -0.2) is 16.3 Å². The summed E-state index contributed by atoms with van der Waals surface area (Å²) in [5, 5.41) is 8.11. The summed E-state index contributed by atoms with van der Waals surface area (Å²) in [6, 6.07) is 6.85. The van der Waals surface area contributed by atoms with Crippen molar-refractivity contribution in [3.05, 3.63) is 50.2 Å². The van der Waals surface area contributed by atoms with Crippen LogP contribution in [0, 0.1) is 6.92 Å². The summed E-state index contributed by atoms with van der Waals surface area (Å²) in [4.78, 5) is 0. The van der Waals surface area contributed by atoms with Gasteiger partial charge in [0.25, 0.3) is 0 Å². The summed E-state index contributed by atoms with van der Waals surface area (Å²) in [5.41, 5.74) is 3.72. The zero-order chi connectivity index (χ0) is 15.6. The van der Waals surface area contributed by atoms with Gasteiger partial charge in [-0.05, 0) is 66.5 Å². The molecule has 3 nitrogen and oxygen atoms in total. The van der Waals surface area contributed by atoms with E-state index in [1.165, 1.54) is 16.8 Å². The van der Waals surface area contributed by atoms with Gasteiger partial charge in [0.15, 0.2) is 0 Å². The van der Waals surface area contributed by atoms with Gasteiger partial charge < -0.3 is 5.32 Å². The molecule has 0 saturated heterocycles. The number of rotatable bonds is 5. The third-order valence-corrected chi connectivity index (χ3v) is 4.61. The number of hydrogen-bond donors (Lipinski definition) is 1. The van der Waals surface area contributed by atoms with Crippen molar-refractivity contribution < 1.29 is 0 Å². The lowest BCUT2D eigenvalue weighted by molar-refractivity contribution is 0.474. The number of hydrogen-bond acceptors (Lipinski definition) is 2. The summed E-state index contributed by atoms with van der Waals surface area (Å²) in [6.07, 6.45) is 1.88. The molecule has 2 aromatic rings. The highest BCUT2D eigenvalue weighted by Crippen LogP contribution is 2.33. The van der Waals surface area contributed by atoms with Crippen molar-refractivity contribution in [2.45, 2.75) is 39.8 Å². The van der Waals surface area contributed by atoms with Crippen LogP contribution in [0.1, 0.15) is 49.7 Å². The molecule has 114 valence electrons. The Morgan fingerprint density at radius 3 is 2.62 bits per heavy atom. The Bertz CT molecular complexity index is 620. The van der Waals surface area contributed by atoms with E-state index in [-0.39, 0.29) is 6.04 Å². The van der Waals surface area contributed by atoms with Gasteiger partial charge >= 0.3 is 0 Å². The molecule has 21 heavy (non-hydrogen) atoms. The van der Waals surface area contributed by atoms with Crippen molar-refractivity contribution in [2.24, 2.45) is 0 Å². The molecule has 5 heteroatoms. The van der Waals surface area contributed by atoms with Crippen LogP contribution < -0.4 is 5.32 Å². The Kier molecular flexibility index (Phi) is 5.63. The molecule has 1 aromatic carbocycles. The molecule has 0 bridgehead atoms. The van der Waals surface area contributed by atoms with Crippen molar-refractivity contribution in [1.29, 1.82) is 0 Å². The molecule has 0 fully saturated rings. The molecule has 1 aromatic heterocycles. The van der Waals surface area contributed by atoms with Gasteiger partial charge in [0, 0.05) is 10.5 Å². The third kappa shape index (κ3) is 3.58. The minimum absolute atomic E-state index is 0.117. The van der Waals surface area contributed by atoms with Crippen molar-refractivity contribution in [3.63, 3.8) is 0 Å². The van der Waals surface area contributed by atoms with E-state index in [9.17, 15) is 0 Å². The molecule has 0 spiro atoms. The van der Waals surface area contributed by atoms with E-state index in [0.29, 0.717) is 6.04 Å². The molecular weight excluding hydrogens is 394 g/mol. The zero-order valence-electron chi connectivity index (χ0n) is 12.8. The maximum atomic E-state index is 4.51. The van der Waals surface area contributed by atoms with Crippen LogP contribution in [0.5, 0.6) is 0 Å². The average molecular weight is 415 g/mol. The lowest BCUT2D eigenvalue weighted by Crippen LogP contribution is -2.26. The SMILES string of the molecule is CCNC(c1cc(Br)ccc1C)c1c(Br)cnn1C(C)C. The molecule has 1 unspecified atom stereocenters.